The van der Waals surface area contributed by atoms with Gasteiger partial charge in [0.05, 0.1) is 0 Å². The summed E-state index contributed by atoms with van der Waals surface area (Å²) >= 11 is -3.72. The third-order valence-electron chi connectivity index (χ3n) is 0. The fourth-order valence-electron chi connectivity index (χ4n) is 0. The first-order chi connectivity index (χ1) is 1.73. The topological polar surface area (TPSA) is 0 Å². The molecule has 0 nitrogen and oxygen atoms in total. The van der Waals surface area contributed by atoms with Crippen LogP contribution in [0.5, 0.6) is 0 Å². The van der Waals surface area contributed by atoms with E-state index in [1.165, 1.54) is 0 Å². The van der Waals surface area contributed by atoms with Gasteiger partial charge < -0.3 is 0 Å². The molecule has 0 aliphatic rings. The average Bonchev–Trinajstić information content (AvgIpc) is 0.811. The van der Waals surface area contributed by atoms with Crippen molar-refractivity contribution in [2.45, 2.75) is 0 Å². The molecule has 0 rings (SSSR count). The Labute approximate surface area is 32.2 Å². The molecular formula is AsClF2. The van der Waals surface area contributed by atoms with Crippen molar-refractivity contribution in [2.75, 3.05) is 0 Å². The predicted octanol–water partition coefficient (Wildman–Crippen LogP) is 1.15. The summed E-state index contributed by atoms with van der Waals surface area (Å²) in [6, 6.07) is 0. The zero-order chi connectivity index (χ0) is 3.58. The number of hydrogen-bond acceptors (Lipinski definition) is 0. The van der Waals surface area contributed by atoms with Crippen molar-refractivity contribution < 1.29 is 6.93 Å². The first kappa shape index (κ1) is 4.71. The maximum atomic E-state index is 10.2. The average molecular weight is 148 g/mol. The molecule has 26 valence electrons. The molecule has 0 bridgehead atoms. The monoisotopic (exact) mass is 148 g/mol. The minimum atomic E-state index is -3.72. The molecule has 0 radical (unpaired) electrons. The molecular weight excluding hydrogens is 148 g/mol. The SMILES string of the molecule is F[As](F)Cl. The molecule has 0 heterocycles. The summed E-state index contributed by atoms with van der Waals surface area (Å²) in [6.45, 7) is 0. The minimum absolute atomic E-state index is 3.72. The Morgan fingerprint density at radius 2 is 1.50 bits per heavy atom. The van der Waals surface area contributed by atoms with Gasteiger partial charge in [0.15, 0.2) is 0 Å². The molecule has 0 spiro atoms. The molecule has 0 saturated heterocycles. The van der Waals surface area contributed by atoms with Crippen molar-refractivity contribution in [1.29, 1.82) is 0 Å². The van der Waals surface area contributed by atoms with Crippen LogP contribution in [-0.2, 0) is 0 Å². The van der Waals surface area contributed by atoms with E-state index < -0.39 is 14.7 Å². The summed E-state index contributed by atoms with van der Waals surface area (Å²) in [5, 5.41) is 0. The quantitative estimate of drug-likeness (QED) is 0.452. The first-order valence-electron chi connectivity index (χ1n) is 0.507. The zero-order valence-electron chi connectivity index (χ0n) is 1.58. The van der Waals surface area contributed by atoms with Gasteiger partial charge in [-0.25, -0.2) is 0 Å². The Balaban J connectivity index is 2.32. The summed E-state index contributed by atoms with van der Waals surface area (Å²) in [5.74, 6) is 0. The second-order valence-electron chi connectivity index (χ2n) is 0.192. The number of rotatable bonds is 0. The molecule has 0 atom stereocenters. The summed E-state index contributed by atoms with van der Waals surface area (Å²) in [5.41, 5.74) is 0. The van der Waals surface area contributed by atoms with Gasteiger partial charge in [-0.2, -0.15) is 0 Å². The van der Waals surface area contributed by atoms with E-state index >= 15 is 0 Å². The molecule has 0 aromatic rings. The van der Waals surface area contributed by atoms with Crippen molar-refractivity contribution in [1.82, 2.24) is 0 Å². The van der Waals surface area contributed by atoms with Crippen LogP contribution in [0.25, 0.3) is 0 Å². The summed E-state index contributed by atoms with van der Waals surface area (Å²) < 4.78 is 20.5. The van der Waals surface area contributed by atoms with E-state index in [1.807, 2.05) is 0 Å². The van der Waals surface area contributed by atoms with Crippen LogP contribution in [0.2, 0.25) is 0 Å². The maximum absolute atomic E-state index is 10.2. The Morgan fingerprint density at radius 3 is 1.50 bits per heavy atom. The molecule has 0 amide bonds. The van der Waals surface area contributed by atoms with Crippen LogP contribution < -0.4 is 0 Å². The molecule has 4 heteroatoms. The first-order valence-corrected chi connectivity index (χ1v) is 4.39. The fraction of sp³-hybridized carbons (Fsp3) is 0. The van der Waals surface area contributed by atoms with Gasteiger partial charge >= 0.3 is 31.5 Å². The van der Waals surface area contributed by atoms with Crippen molar-refractivity contribution in [3.63, 3.8) is 0 Å². The van der Waals surface area contributed by atoms with Gasteiger partial charge in [0.25, 0.3) is 0 Å². The Morgan fingerprint density at radius 1 is 1.50 bits per heavy atom. The van der Waals surface area contributed by atoms with Gasteiger partial charge in [0.2, 0.25) is 0 Å². The van der Waals surface area contributed by atoms with E-state index in [-0.39, 0.29) is 0 Å². The molecule has 0 fully saturated rings. The second kappa shape index (κ2) is 1.98. The van der Waals surface area contributed by atoms with E-state index in [4.69, 9.17) is 0 Å². The molecule has 0 saturated carbocycles. The molecule has 0 aromatic carbocycles. The van der Waals surface area contributed by atoms with Crippen LogP contribution in [0.15, 0.2) is 0 Å². The van der Waals surface area contributed by atoms with E-state index in [0.29, 0.717) is 0 Å². The van der Waals surface area contributed by atoms with Crippen molar-refractivity contribution in [3.8, 4) is 0 Å². The van der Waals surface area contributed by atoms with Crippen LogP contribution in [-0.4, -0.2) is 14.7 Å². The fourth-order valence-corrected chi connectivity index (χ4v) is 0. The third-order valence-corrected chi connectivity index (χ3v) is 0. The number of hydrogen-bond donors (Lipinski definition) is 0. The van der Waals surface area contributed by atoms with Crippen LogP contribution in [0.3, 0.4) is 0 Å². The molecule has 4 heavy (non-hydrogen) atoms. The summed E-state index contributed by atoms with van der Waals surface area (Å²) in [7, 11) is 4.09. The third kappa shape index (κ3) is 15.8. The van der Waals surface area contributed by atoms with Gasteiger partial charge in [0.1, 0.15) is 0 Å². The van der Waals surface area contributed by atoms with Crippen molar-refractivity contribution in [3.05, 3.63) is 0 Å². The molecule has 0 aliphatic carbocycles. The standard InChI is InChI=1S/AsClF2/c2-1(3)4. The van der Waals surface area contributed by atoms with Gasteiger partial charge in [-0.05, 0) is 0 Å². The van der Waals surface area contributed by atoms with Crippen LogP contribution in [0.1, 0.15) is 0 Å². The van der Waals surface area contributed by atoms with Gasteiger partial charge in [-0.15, -0.1) is 0 Å². The Kier molecular flexibility index (Phi) is 2.33. The predicted molar refractivity (Wildman–Crippen MR) is 13.8 cm³/mol. The van der Waals surface area contributed by atoms with E-state index in [0.717, 1.165) is 0 Å². The molecule has 0 N–H and O–H groups in total. The van der Waals surface area contributed by atoms with Gasteiger partial charge in [0, 0.05) is 0 Å². The summed E-state index contributed by atoms with van der Waals surface area (Å²) in [6.07, 6.45) is 0. The zero-order valence-corrected chi connectivity index (χ0v) is 4.21. The molecule has 0 unspecified atom stereocenters. The molecule has 0 aliphatic heterocycles. The summed E-state index contributed by atoms with van der Waals surface area (Å²) in [4.78, 5) is 0. The molecule has 0 aromatic heterocycles. The Hall–Kier alpha value is 0.708. The van der Waals surface area contributed by atoms with Crippen LogP contribution >= 0.6 is 9.95 Å². The van der Waals surface area contributed by atoms with Crippen LogP contribution in [0.4, 0.5) is 6.93 Å². The normalized spacial score (nSPS) is 9.00. The van der Waals surface area contributed by atoms with Gasteiger partial charge in [-0.1, -0.05) is 0 Å². The van der Waals surface area contributed by atoms with Crippen molar-refractivity contribution >= 4 is 24.6 Å². The van der Waals surface area contributed by atoms with E-state index in [2.05, 4.69) is 9.95 Å². The van der Waals surface area contributed by atoms with Crippen LogP contribution in [0, 0.1) is 0 Å². The number of halogens is 3. The van der Waals surface area contributed by atoms with Crippen molar-refractivity contribution in [2.24, 2.45) is 0 Å². The van der Waals surface area contributed by atoms with E-state index in [1.54, 1.807) is 0 Å². The van der Waals surface area contributed by atoms with E-state index in [9.17, 15) is 6.93 Å². The Bertz CT molecular complexity index is 10.8. The van der Waals surface area contributed by atoms with Gasteiger partial charge in [-0.3, -0.25) is 0 Å². The second-order valence-corrected chi connectivity index (χ2v) is 2.32.